The topological polar surface area (TPSA) is 27.7 Å². The first-order valence-electron chi connectivity index (χ1n) is 8.81. The molecule has 3 rings (SSSR count). The summed E-state index contributed by atoms with van der Waals surface area (Å²) < 4.78 is 71.3. The van der Waals surface area contributed by atoms with Crippen molar-refractivity contribution in [1.29, 1.82) is 0 Å². The van der Waals surface area contributed by atoms with Crippen LogP contribution >= 0.6 is 0 Å². The van der Waals surface area contributed by atoms with Gasteiger partial charge < -0.3 is 14.2 Å². The third-order valence-electron chi connectivity index (χ3n) is 4.25. The fourth-order valence-electron chi connectivity index (χ4n) is 2.75. The maximum absolute atomic E-state index is 14.3. The first-order chi connectivity index (χ1) is 14.0. The van der Waals surface area contributed by atoms with Gasteiger partial charge in [-0.1, -0.05) is 12.1 Å². The van der Waals surface area contributed by atoms with Gasteiger partial charge in [0.1, 0.15) is 12.4 Å². The lowest BCUT2D eigenvalue weighted by Crippen LogP contribution is -2.02. The average molecular weight is 406 g/mol. The van der Waals surface area contributed by atoms with Gasteiger partial charge in [0.2, 0.25) is 11.6 Å². The van der Waals surface area contributed by atoms with Gasteiger partial charge in [0.25, 0.3) is 0 Å². The number of hydrogen-bond acceptors (Lipinski definition) is 3. The van der Waals surface area contributed by atoms with E-state index in [1.54, 1.807) is 19.1 Å². The maximum Gasteiger partial charge on any atom is 0.201 e. The van der Waals surface area contributed by atoms with E-state index in [1.165, 1.54) is 43.5 Å². The Morgan fingerprint density at radius 3 is 2.00 bits per heavy atom. The minimum Gasteiger partial charge on any atom is -0.494 e. The van der Waals surface area contributed by atoms with E-state index in [-0.39, 0.29) is 35.8 Å². The molecule has 0 heterocycles. The van der Waals surface area contributed by atoms with Crippen LogP contribution in [0.25, 0.3) is 11.1 Å². The van der Waals surface area contributed by atoms with E-state index in [1.807, 2.05) is 0 Å². The number of methoxy groups -OCH3 is 1. The zero-order chi connectivity index (χ0) is 21.0. The van der Waals surface area contributed by atoms with Gasteiger partial charge in [0.15, 0.2) is 23.1 Å². The normalized spacial score (nSPS) is 10.7. The molecule has 152 valence electrons. The molecule has 0 unspecified atom stereocenters. The molecule has 0 spiro atoms. The number of hydrogen-bond donors (Lipinski definition) is 0. The van der Waals surface area contributed by atoms with Gasteiger partial charge in [-0.15, -0.1) is 0 Å². The molecule has 0 radical (unpaired) electrons. The van der Waals surface area contributed by atoms with Crippen molar-refractivity contribution in [2.45, 2.75) is 13.5 Å². The van der Waals surface area contributed by atoms with E-state index in [2.05, 4.69) is 0 Å². The van der Waals surface area contributed by atoms with Gasteiger partial charge in [-0.05, 0) is 48.9 Å². The van der Waals surface area contributed by atoms with Crippen molar-refractivity contribution in [3.63, 3.8) is 0 Å². The monoisotopic (exact) mass is 406 g/mol. The lowest BCUT2D eigenvalue weighted by molar-refractivity contribution is 0.294. The molecule has 0 aliphatic rings. The molecule has 0 aromatic heterocycles. The van der Waals surface area contributed by atoms with Crippen LogP contribution < -0.4 is 14.2 Å². The summed E-state index contributed by atoms with van der Waals surface area (Å²) in [5.74, 6) is -4.19. The molecular formula is C22H18F4O3. The second kappa shape index (κ2) is 8.86. The van der Waals surface area contributed by atoms with Crippen LogP contribution in [0.15, 0.2) is 48.5 Å². The highest BCUT2D eigenvalue weighted by Crippen LogP contribution is 2.31. The number of rotatable bonds is 7. The summed E-state index contributed by atoms with van der Waals surface area (Å²) in [6.07, 6.45) is 0. The van der Waals surface area contributed by atoms with Crippen LogP contribution in [-0.4, -0.2) is 13.7 Å². The van der Waals surface area contributed by atoms with Gasteiger partial charge in [0, 0.05) is 11.1 Å². The standard InChI is InChI=1S/C22H18F4O3/c1-3-28-18-11-9-16(20(24)22(18)26)13-4-7-15(8-5-13)29-12-14-6-10-17(27-2)21(25)19(14)23/h4-11H,3,12H2,1-2H3. The van der Waals surface area contributed by atoms with Crippen LogP contribution in [0.4, 0.5) is 17.6 Å². The molecule has 0 aliphatic carbocycles. The Morgan fingerprint density at radius 1 is 0.690 bits per heavy atom. The Kier molecular flexibility index (Phi) is 6.26. The van der Waals surface area contributed by atoms with Crippen LogP contribution in [0.3, 0.4) is 0 Å². The van der Waals surface area contributed by atoms with Crippen LogP contribution in [0, 0.1) is 23.3 Å². The van der Waals surface area contributed by atoms with E-state index in [9.17, 15) is 17.6 Å². The highest BCUT2D eigenvalue weighted by Gasteiger charge is 2.16. The van der Waals surface area contributed by atoms with E-state index >= 15 is 0 Å². The summed E-state index contributed by atoms with van der Waals surface area (Å²) in [5.41, 5.74) is 0.520. The van der Waals surface area contributed by atoms with Gasteiger partial charge in [-0.2, -0.15) is 8.78 Å². The molecule has 3 aromatic rings. The zero-order valence-electron chi connectivity index (χ0n) is 15.8. The molecule has 0 aliphatic heterocycles. The molecule has 0 N–H and O–H groups in total. The lowest BCUT2D eigenvalue weighted by Gasteiger charge is -2.11. The predicted octanol–water partition coefficient (Wildman–Crippen LogP) is 5.90. The molecule has 7 heteroatoms. The highest BCUT2D eigenvalue weighted by atomic mass is 19.2. The highest BCUT2D eigenvalue weighted by molar-refractivity contribution is 5.66. The zero-order valence-corrected chi connectivity index (χ0v) is 15.8. The third-order valence-corrected chi connectivity index (χ3v) is 4.25. The van der Waals surface area contributed by atoms with Gasteiger partial charge in [0.05, 0.1) is 13.7 Å². The van der Waals surface area contributed by atoms with Crippen molar-refractivity contribution in [2.75, 3.05) is 13.7 Å². The van der Waals surface area contributed by atoms with E-state index in [0.29, 0.717) is 11.3 Å². The maximum atomic E-state index is 14.3. The molecule has 3 aromatic carbocycles. The van der Waals surface area contributed by atoms with Crippen molar-refractivity contribution in [3.05, 3.63) is 77.4 Å². The second-order valence-electron chi connectivity index (χ2n) is 6.04. The summed E-state index contributed by atoms with van der Waals surface area (Å²) in [6, 6.07) is 11.6. The van der Waals surface area contributed by atoms with Crippen LogP contribution in [-0.2, 0) is 6.61 Å². The first-order valence-corrected chi connectivity index (χ1v) is 8.81. The van der Waals surface area contributed by atoms with Gasteiger partial charge >= 0.3 is 0 Å². The Labute approximate surface area is 165 Å². The Hall–Kier alpha value is -3.22. The number of halogens is 4. The van der Waals surface area contributed by atoms with Gasteiger partial charge in [-0.25, -0.2) is 8.78 Å². The van der Waals surface area contributed by atoms with Crippen molar-refractivity contribution < 1.29 is 31.8 Å². The van der Waals surface area contributed by atoms with E-state index in [4.69, 9.17) is 14.2 Å². The molecule has 0 saturated carbocycles. The summed E-state index contributed by atoms with van der Waals surface area (Å²) >= 11 is 0. The lowest BCUT2D eigenvalue weighted by atomic mass is 10.0. The average Bonchev–Trinajstić information content (AvgIpc) is 2.73. The number of ether oxygens (including phenoxy) is 3. The smallest absolute Gasteiger partial charge is 0.201 e. The molecule has 29 heavy (non-hydrogen) atoms. The molecule has 0 fully saturated rings. The Bertz CT molecular complexity index is 1000. The minimum atomic E-state index is -1.09. The Balaban J connectivity index is 1.75. The quantitative estimate of drug-likeness (QED) is 0.458. The fourth-order valence-corrected chi connectivity index (χ4v) is 2.75. The van der Waals surface area contributed by atoms with Crippen molar-refractivity contribution in [2.24, 2.45) is 0 Å². The summed E-state index contributed by atoms with van der Waals surface area (Å²) in [7, 11) is 1.24. The largest absolute Gasteiger partial charge is 0.494 e. The molecule has 0 amide bonds. The van der Waals surface area contributed by atoms with Crippen LogP contribution in [0.5, 0.6) is 17.2 Å². The summed E-state index contributed by atoms with van der Waals surface area (Å²) in [4.78, 5) is 0. The van der Waals surface area contributed by atoms with E-state index < -0.39 is 23.3 Å². The minimum absolute atomic E-state index is 0.0204. The molecule has 0 saturated heterocycles. The molecule has 3 nitrogen and oxygen atoms in total. The second-order valence-corrected chi connectivity index (χ2v) is 6.04. The van der Waals surface area contributed by atoms with Crippen LogP contribution in [0.1, 0.15) is 12.5 Å². The van der Waals surface area contributed by atoms with Crippen molar-refractivity contribution >= 4 is 0 Å². The SMILES string of the molecule is CCOc1ccc(-c2ccc(OCc3ccc(OC)c(F)c3F)cc2)c(F)c1F. The number of benzene rings is 3. The molecular weight excluding hydrogens is 388 g/mol. The van der Waals surface area contributed by atoms with Gasteiger partial charge in [-0.3, -0.25) is 0 Å². The predicted molar refractivity (Wildman–Crippen MR) is 100 cm³/mol. The molecule has 0 atom stereocenters. The fraction of sp³-hybridized carbons (Fsp3) is 0.182. The van der Waals surface area contributed by atoms with Crippen molar-refractivity contribution in [3.8, 4) is 28.4 Å². The van der Waals surface area contributed by atoms with Crippen LogP contribution in [0.2, 0.25) is 0 Å². The first kappa shape index (κ1) is 20.5. The third kappa shape index (κ3) is 4.29. The Morgan fingerprint density at radius 2 is 1.34 bits per heavy atom. The van der Waals surface area contributed by atoms with Crippen molar-refractivity contribution in [1.82, 2.24) is 0 Å². The van der Waals surface area contributed by atoms with E-state index in [0.717, 1.165) is 0 Å². The molecule has 0 bridgehead atoms. The summed E-state index contributed by atoms with van der Waals surface area (Å²) in [6.45, 7) is 1.69. The summed E-state index contributed by atoms with van der Waals surface area (Å²) in [5, 5.41) is 0.